The van der Waals surface area contributed by atoms with Gasteiger partial charge in [0, 0.05) is 5.92 Å². The summed E-state index contributed by atoms with van der Waals surface area (Å²) in [7, 11) is 0. The Labute approximate surface area is 129 Å². The van der Waals surface area contributed by atoms with Crippen molar-refractivity contribution in [1.29, 1.82) is 0 Å². The third-order valence-electron chi connectivity index (χ3n) is 3.40. The monoisotopic (exact) mass is 390 g/mol. The van der Waals surface area contributed by atoms with E-state index in [9.17, 15) is 4.79 Å². The molecule has 0 aliphatic carbocycles. The van der Waals surface area contributed by atoms with Crippen LogP contribution in [0.2, 0.25) is 0 Å². The van der Waals surface area contributed by atoms with Crippen molar-refractivity contribution in [2.75, 3.05) is 0 Å². The van der Waals surface area contributed by atoms with Crippen molar-refractivity contribution in [3.05, 3.63) is 35.9 Å². The number of alkyl halides is 2. The van der Waals surface area contributed by atoms with Crippen LogP contribution in [0.1, 0.15) is 30.6 Å². The Bertz CT molecular complexity index is 447. The van der Waals surface area contributed by atoms with E-state index in [2.05, 4.69) is 45.7 Å². The molecule has 19 heavy (non-hydrogen) atoms. The minimum Gasteiger partial charge on any atom is -0.430 e. The Hall–Kier alpha value is -0.390. The molecular weight excluding hydrogens is 376 g/mol. The number of halogens is 2. The molecule has 0 bridgehead atoms. The van der Waals surface area contributed by atoms with Crippen LogP contribution in [0, 0.1) is 5.92 Å². The van der Waals surface area contributed by atoms with Crippen LogP contribution in [0.4, 0.5) is 0 Å². The molecule has 1 aromatic carbocycles. The Morgan fingerprint density at radius 1 is 1.37 bits per heavy atom. The second kappa shape index (κ2) is 5.94. The maximum atomic E-state index is 12.0. The van der Waals surface area contributed by atoms with Crippen LogP contribution in [-0.2, 0) is 9.47 Å². The highest BCUT2D eigenvalue weighted by Crippen LogP contribution is 2.49. The van der Waals surface area contributed by atoms with Crippen molar-refractivity contribution >= 4 is 37.8 Å². The topological polar surface area (TPSA) is 35.5 Å². The largest absolute Gasteiger partial charge is 0.430 e. The lowest BCUT2D eigenvalue weighted by Gasteiger charge is -2.24. The van der Waals surface area contributed by atoms with Gasteiger partial charge in [-0.15, -0.1) is 0 Å². The van der Waals surface area contributed by atoms with Gasteiger partial charge in [0.25, 0.3) is 0 Å². The molecule has 1 aromatic rings. The Kier molecular flexibility index (Phi) is 4.69. The highest BCUT2D eigenvalue weighted by atomic mass is 79.9. The first-order valence-corrected chi connectivity index (χ1v) is 7.84. The van der Waals surface area contributed by atoms with Gasteiger partial charge in [-0.05, 0) is 18.6 Å². The minimum absolute atomic E-state index is 0.0623. The van der Waals surface area contributed by atoms with Crippen LogP contribution in [-0.4, -0.2) is 21.6 Å². The SMILES string of the molecule is CC[C@H]1OC(OC(=O)c2ccccc2)C(Br)(Br)[C@H]1C. The molecule has 3 nitrogen and oxygen atoms in total. The molecule has 1 fully saturated rings. The molecule has 1 heterocycles. The van der Waals surface area contributed by atoms with Gasteiger partial charge in [-0.2, -0.15) is 0 Å². The van der Waals surface area contributed by atoms with Gasteiger partial charge in [0.2, 0.25) is 6.29 Å². The standard InChI is InChI=1S/C14H16Br2O3/c1-3-11-9(2)14(15,16)13(18-11)19-12(17)10-7-5-4-6-8-10/h4-9,11,13H,3H2,1-2H3/t9-,11+,13?/m0/s1. The maximum absolute atomic E-state index is 12.0. The molecule has 1 unspecified atom stereocenters. The second-order valence-electron chi connectivity index (χ2n) is 4.65. The van der Waals surface area contributed by atoms with Gasteiger partial charge in [0.05, 0.1) is 11.7 Å². The van der Waals surface area contributed by atoms with E-state index >= 15 is 0 Å². The van der Waals surface area contributed by atoms with E-state index in [1.54, 1.807) is 24.3 Å². The fraction of sp³-hybridized carbons (Fsp3) is 0.500. The predicted octanol–water partition coefficient (Wildman–Crippen LogP) is 4.10. The van der Waals surface area contributed by atoms with E-state index in [0.717, 1.165) is 6.42 Å². The van der Waals surface area contributed by atoms with Gasteiger partial charge in [0.15, 0.2) is 0 Å². The van der Waals surface area contributed by atoms with Crippen molar-refractivity contribution in [2.24, 2.45) is 5.92 Å². The summed E-state index contributed by atoms with van der Waals surface area (Å²) in [5, 5.41) is 0. The number of hydrogen-bond donors (Lipinski definition) is 0. The first-order valence-electron chi connectivity index (χ1n) is 6.26. The van der Waals surface area contributed by atoms with E-state index in [0.29, 0.717) is 5.56 Å². The molecular formula is C14H16Br2O3. The molecule has 0 amide bonds. The van der Waals surface area contributed by atoms with Crippen LogP contribution in [0.3, 0.4) is 0 Å². The summed E-state index contributed by atoms with van der Waals surface area (Å²) >= 11 is 7.14. The van der Waals surface area contributed by atoms with Gasteiger partial charge in [-0.1, -0.05) is 63.9 Å². The maximum Gasteiger partial charge on any atom is 0.340 e. The summed E-state index contributed by atoms with van der Waals surface area (Å²) in [6.07, 6.45) is 0.298. The highest BCUT2D eigenvalue weighted by Gasteiger charge is 2.53. The van der Waals surface area contributed by atoms with Crippen molar-refractivity contribution in [3.63, 3.8) is 0 Å². The van der Waals surface area contributed by atoms with Gasteiger partial charge in [-0.25, -0.2) is 4.79 Å². The highest BCUT2D eigenvalue weighted by molar-refractivity contribution is 9.25. The van der Waals surface area contributed by atoms with E-state index in [-0.39, 0.29) is 18.0 Å². The number of carbonyl (C=O) groups excluding carboxylic acids is 1. The third kappa shape index (κ3) is 3.03. The third-order valence-corrected chi connectivity index (χ3v) is 5.60. The zero-order chi connectivity index (χ0) is 14.0. The van der Waals surface area contributed by atoms with Crippen molar-refractivity contribution in [2.45, 2.75) is 35.9 Å². The van der Waals surface area contributed by atoms with Crippen LogP contribution in [0.15, 0.2) is 30.3 Å². The molecule has 3 atom stereocenters. The van der Waals surface area contributed by atoms with Gasteiger partial charge >= 0.3 is 5.97 Å². The molecule has 2 rings (SSSR count). The van der Waals surface area contributed by atoms with Crippen LogP contribution >= 0.6 is 31.9 Å². The fourth-order valence-electron chi connectivity index (χ4n) is 2.13. The van der Waals surface area contributed by atoms with E-state index in [1.165, 1.54) is 0 Å². The number of hydrogen-bond acceptors (Lipinski definition) is 3. The summed E-state index contributed by atoms with van der Waals surface area (Å²) in [4.78, 5) is 12.0. The van der Waals surface area contributed by atoms with E-state index < -0.39 is 9.52 Å². The quantitative estimate of drug-likeness (QED) is 0.574. The molecule has 1 aliphatic heterocycles. The summed E-state index contributed by atoms with van der Waals surface area (Å²) in [5.74, 6) is -0.177. The summed E-state index contributed by atoms with van der Waals surface area (Å²) in [6, 6.07) is 8.92. The summed E-state index contributed by atoms with van der Waals surface area (Å²) < 4.78 is 10.7. The number of ether oxygens (including phenoxy) is 2. The average molecular weight is 392 g/mol. The van der Waals surface area contributed by atoms with Gasteiger partial charge in [0.1, 0.15) is 3.23 Å². The molecule has 0 saturated carbocycles. The average Bonchev–Trinajstić information content (AvgIpc) is 2.63. The van der Waals surface area contributed by atoms with Crippen LogP contribution in [0.5, 0.6) is 0 Å². The lowest BCUT2D eigenvalue weighted by molar-refractivity contribution is -0.103. The smallest absolute Gasteiger partial charge is 0.340 e. The van der Waals surface area contributed by atoms with E-state index in [4.69, 9.17) is 9.47 Å². The van der Waals surface area contributed by atoms with Crippen molar-refractivity contribution < 1.29 is 14.3 Å². The molecule has 1 aliphatic rings. The molecule has 0 N–H and O–H groups in total. The number of esters is 1. The molecule has 0 spiro atoms. The van der Waals surface area contributed by atoms with Gasteiger partial charge in [-0.3, -0.25) is 0 Å². The van der Waals surface area contributed by atoms with Crippen LogP contribution < -0.4 is 0 Å². The van der Waals surface area contributed by atoms with Gasteiger partial charge < -0.3 is 9.47 Å². The predicted molar refractivity (Wildman–Crippen MR) is 80.6 cm³/mol. The first-order chi connectivity index (χ1) is 8.96. The van der Waals surface area contributed by atoms with Crippen molar-refractivity contribution in [1.82, 2.24) is 0 Å². The fourth-order valence-corrected chi connectivity index (χ4v) is 3.12. The molecule has 104 valence electrons. The normalized spacial score (nSPS) is 29.2. The lowest BCUT2D eigenvalue weighted by atomic mass is 10.0. The summed E-state index contributed by atoms with van der Waals surface area (Å²) in [6.45, 7) is 4.12. The Morgan fingerprint density at radius 2 is 2.00 bits per heavy atom. The zero-order valence-electron chi connectivity index (χ0n) is 10.8. The summed E-state index contributed by atoms with van der Waals surface area (Å²) in [5.41, 5.74) is 0.523. The number of benzene rings is 1. The second-order valence-corrected chi connectivity index (χ2v) is 8.34. The molecule has 1 saturated heterocycles. The number of rotatable bonds is 3. The Balaban J connectivity index is 2.09. The van der Waals surface area contributed by atoms with Crippen molar-refractivity contribution in [3.8, 4) is 0 Å². The zero-order valence-corrected chi connectivity index (χ0v) is 14.0. The lowest BCUT2D eigenvalue weighted by Crippen LogP contribution is -2.34. The minimum atomic E-state index is -0.639. The van der Waals surface area contributed by atoms with E-state index in [1.807, 2.05) is 6.07 Å². The Morgan fingerprint density at radius 3 is 2.53 bits per heavy atom. The first kappa shape index (κ1) is 15.0. The molecule has 5 heteroatoms. The number of carbonyl (C=O) groups is 1. The molecule has 0 aromatic heterocycles. The molecule has 0 radical (unpaired) electrons. The van der Waals surface area contributed by atoms with Crippen LogP contribution in [0.25, 0.3) is 0 Å².